The fraction of sp³-hybridized carbons (Fsp3) is 0.394. The minimum absolute atomic E-state index is 0.0471. The monoisotopic (exact) mass is 620 g/mol. The zero-order chi connectivity index (χ0) is 32.1. The molecule has 5 rings (SSSR count). The molecule has 0 aliphatic carbocycles. The summed E-state index contributed by atoms with van der Waals surface area (Å²) < 4.78 is 37.7. The topological polar surface area (TPSA) is 122 Å². The van der Waals surface area contributed by atoms with Crippen molar-refractivity contribution in [3.05, 3.63) is 66.5 Å². The number of hydrogen-bond donors (Lipinski definition) is 3. The first-order valence-electron chi connectivity index (χ1n) is 14.9. The van der Waals surface area contributed by atoms with Crippen LogP contribution in [0.5, 0.6) is 11.6 Å². The summed E-state index contributed by atoms with van der Waals surface area (Å²) in [5.74, 6) is 1.31. The first-order valence-corrected chi connectivity index (χ1v) is 14.9. The van der Waals surface area contributed by atoms with E-state index < -0.39 is 18.1 Å². The molecule has 2 aromatic heterocycles. The lowest BCUT2D eigenvalue weighted by atomic mass is 10.0. The highest BCUT2D eigenvalue weighted by atomic mass is 19.3. The minimum atomic E-state index is -2.84. The second kappa shape index (κ2) is 13.6. The molecule has 1 fully saturated rings. The Morgan fingerprint density at radius 1 is 1.09 bits per heavy atom. The van der Waals surface area contributed by atoms with Crippen LogP contribution in [0.25, 0.3) is 22.0 Å². The third kappa shape index (κ3) is 7.93. The molecule has 1 aliphatic rings. The summed E-state index contributed by atoms with van der Waals surface area (Å²) in [6, 6.07) is 14.6. The number of benzene rings is 2. The average molecular weight is 621 g/mol. The van der Waals surface area contributed by atoms with Crippen molar-refractivity contribution in [3.8, 4) is 22.9 Å². The molecular formula is C33H38F2N6O4. The van der Waals surface area contributed by atoms with Crippen molar-refractivity contribution in [2.45, 2.75) is 64.7 Å². The number of carbonyl (C=O) groups is 1. The number of fused-ring (bicyclic) bond motifs is 1. The third-order valence-corrected chi connectivity index (χ3v) is 7.31. The van der Waals surface area contributed by atoms with Gasteiger partial charge in [-0.3, -0.25) is 0 Å². The molecule has 2 atom stereocenters. The van der Waals surface area contributed by atoms with E-state index in [2.05, 4.69) is 20.6 Å². The summed E-state index contributed by atoms with van der Waals surface area (Å²) in [4.78, 5) is 28.0. The number of piperidine rings is 1. The van der Waals surface area contributed by atoms with Crippen LogP contribution in [0.3, 0.4) is 0 Å². The van der Waals surface area contributed by atoms with Gasteiger partial charge < -0.3 is 30.1 Å². The van der Waals surface area contributed by atoms with Crippen LogP contribution in [0.4, 0.5) is 25.2 Å². The molecule has 2 aromatic carbocycles. The Hall–Kier alpha value is -4.58. The third-order valence-electron chi connectivity index (χ3n) is 7.31. The average Bonchev–Trinajstić information content (AvgIpc) is 3.00. The number of aryl methyl sites for hydroxylation is 1. The zero-order valence-corrected chi connectivity index (χ0v) is 25.8. The smallest absolute Gasteiger partial charge is 0.410 e. The number of anilines is 2. The number of carbonyl (C=O) groups excluding carboxylic acids is 1. The second-order valence-corrected chi connectivity index (χ2v) is 12.0. The molecule has 0 bridgehead atoms. The number of nitrogens with zero attached hydrogens (tertiary/aromatic N) is 4. The first kappa shape index (κ1) is 31.8. The number of aliphatic hydroxyl groups excluding tert-OH is 1. The van der Waals surface area contributed by atoms with Gasteiger partial charge in [-0.1, -0.05) is 24.3 Å². The van der Waals surface area contributed by atoms with Gasteiger partial charge in [0.15, 0.2) is 0 Å². The Bertz CT molecular complexity index is 1650. The molecule has 4 aromatic rings. The maximum Gasteiger partial charge on any atom is 0.410 e. The maximum atomic E-state index is 12.9. The molecule has 0 radical (unpaired) electrons. The molecule has 238 valence electrons. The van der Waals surface area contributed by atoms with Crippen LogP contribution in [-0.2, 0) is 4.74 Å². The molecule has 1 aliphatic heterocycles. The van der Waals surface area contributed by atoms with Crippen molar-refractivity contribution in [1.29, 1.82) is 0 Å². The highest BCUT2D eigenvalue weighted by Gasteiger charge is 2.28. The van der Waals surface area contributed by atoms with E-state index in [9.17, 15) is 18.7 Å². The number of nitrogens with one attached hydrogen (secondary N) is 2. The SMILES string of the molecule is Cc1ccc2c(NCC(O)C(F)F)cccc2c1Oc1ncccc1-c1ccnc(NC2CCCN(C(=O)OC(C)(C)C)C2)n1. The highest BCUT2D eigenvalue weighted by Crippen LogP contribution is 2.38. The molecule has 1 saturated heterocycles. The van der Waals surface area contributed by atoms with Gasteiger partial charge in [-0.2, -0.15) is 0 Å². The van der Waals surface area contributed by atoms with Gasteiger partial charge in [0, 0.05) is 54.5 Å². The summed E-state index contributed by atoms with van der Waals surface area (Å²) in [5.41, 5.74) is 2.12. The fourth-order valence-electron chi connectivity index (χ4n) is 5.14. The molecule has 0 saturated carbocycles. The number of aromatic nitrogens is 3. The van der Waals surface area contributed by atoms with Crippen LogP contribution in [0.1, 0.15) is 39.2 Å². The molecule has 3 N–H and O–H groups in total. The molecular weight excluding hydrogens is 582 g/mol. The van der Waals surface area contributed by atoms with Crippen LogP contribution in [0.2, 0.25) is 0 Å². The number of hydrogen-bond acceptors (Lipinski definition) is 9. The first-order chi connectivity index (χ1) is 21.5. The van der Waals surface area contributed by atoms with Gasteiger partial charge >= 0.3 is 6.09 Å². The number of halogens is 2. The largest absolute Gasteiger partial charge is 0.444 e. The Balaban J connectivity index is 1.37. The summed E-state index contributed by atoms with van der Waals surface area (Å²) >= 11 is 0. The molecule has 3 heterocycles. The van der Waals surface area contributed by atoms with E-state index in [-0.39, 0.29) is 18.7 Å². The van der Waals surface area contributed by atoms with E-state index in [0.717, 1.165) is 29.2 Å². The standard InChI is InChI=1S/C33H38F2N6O4/c1-20-12-13-22-23(9-5-11-25(22)38-18-27(42)29(34)35)28(20)44-30-24(10-6-15-36-30)26-14-16-37-31(40-26)39-21-8-7-17-41(19-21)32(43)45-33(2,3)4/h5-6,9-16,21,27,29,38,42H,7-8,17-19H2,1-4H3,(H,37,39,40). The van der Waals surface area contributed by atoms with Crippen molar-refractivity contribution >= 4 is 28.5 Å². The van der Waals surface area contributed by atoms with Gasteiger partial charge in [0.1, 0.15) is 17.5 Å². The predicted molar refractivity (Wildman–Crippen MR) is 169 cm³/mol. The molecule has 1 amide bonds. The Kier molecular flexibility index (Phi) is 9.62. The van der Waals surface area contributed by atoms with Crippen molar-refractivity contribution in [3.63, 3.8) is 0 Å². The van der Waals surface area contributed by atoms with Crippen LogP contribution < -0.4 is 15.4 Å². The van der Waals surface area contributed by atoms with E-state index >= 15 is 0 Å². The number of rotatable bonds is 9. The summed E-state index contributed by atoms with van der Waals surface area (Å²) in [5, 5.41) is 17.4. The van der Waals surface area contributed by atoms with E-state index in [4.69, 9.17) is 14.5 Å². The van der Waals surface area contributed by atoms with Gasteiger partial charge in [0.25, 0.3) is 6.43 Å². The number of pyridine rings is 1. The summed E-state index contributed by atoms with van der Waals surface area (Å²) in [7, 11) is 0. The lowest BCUT2D eigenvalue weighted by molar-refractivity contribution is 0.00386. The van der Waals surface area contributed by atoms with Crippen molar-refractivity contribution < 1.29 is 28.2 Å². The number of amides is 1. The van der Waals surface area contributed by atoms with Gasteiger partial charge in [-0.15, -0.1) is 0 Å². The Morgan fingerprint density at radius 2 is 1.91 bits per heavy atom. The fourth-order valence-corrected chi connectivity index (χ4v) is 5.14. The summed E-state index contributed by atoms with van der Waals surface area (Å²) in [6.07, 6.45) is 0.00224. The van der Waals surface area contributed by atoms with E-state index in [1.54, 1.807) is 41.6 Å². The van der Waals surface area contributed by atoms with Gasteiger partial charge in [0.2, 0.25) is 11.8 Å². The predicted octanol–water partition coefficient (Wildman–Crippen LogP) is 6.64. The highest BCUT2D eigenvalue weighted by molar-refractivity contribution is 5.98. The molecule has 12 heteroatoms. The summed E-state index contributed by atoms with van der Waals surface area (Å²) in [6.45, 7) is 8.27. The molecule has 2 unspecified atom stereocenters. The number of aliphatic hydroxyl groups is 1. The van der Waals surface area contributed by atoms with Gasteiger partial charge in [-0.25, -0.2) is 28.5 Å². The van der Waals surface area contributed by atoms with Crippen LogP contribution in [-0.4, -0.2) is 74.9 Å². The molecule has 10 nitrogen and oxygen atoms in total. The molecule has 45 heavy (non-hydrogen) atoms. The van der Waals surface area contributed by atoms with Crippen molar-refractivity contribution in [1.82, 2.24) is 19.9 Å². The number of likely N-dealkylation sites (tertiary alicyclic amines) is 1. The van der Waals surface area contributed by atoms with Crippen LogP contribution in [0.15, 0.2) is 60.9 Å². The van der Waals surface area contributed by atoms with E-state index in [1.165, 1.54) is 0 Å². The maximum absolute atomic E-state index is 12.9. The Labute approximate surface area is 260 Å². The number of ether oxygens (including phenoxy) is 2. The van der Waals surface area contributed by atoms with Crippen LogP contribution >= 0.6 is 0 Å². The van der Waals surface area contributed by atoms with Crippen molar-refractivity contribution in [2.24, 2.45) is 0 Å². The van der Waals surface area contributed by atoms with Gasteiger partial charge in [-0.05, 0) is 70.4 Å². The lowest BCUT2D eigenvalue weighted by Crippen LogP contribution is -2.47. The lowest BCUT2D eigenvalue weighted by Gasteiger charge is -2.34. The second-order valence-electron chi connectivity index (χ2n) is 12.0. The normalized spacial score (nSPS) is 16.0. The quantitative estimate of drug-likeness (QED) is 0.189. The van der Waals surface area contributed by atoms with Gasteiger partial charge in [0.05, 0.1) is 11.3 Å². The minimum Gasteiger partial charge on any atom is -0.444 e. The Morgan fingerprint density at radius 3 is 2.69 bits per heavy atom. The molecule has 0 spiro atoms. The number of alkyl halides is 2. The van der Waals surface area contributed by atoms with Crippen molar-refractivity contribution in [2.75, 3.05) is 30.3 Å². The van der Waals surface area contributed by atoms with E-state index in [0.29, 0.717) is 47.6 Å². The van der Waals surface area contributed by atoms with Crippen LogP contribution in [0, 0.1) is 6.92 Å². The zero-order valence-electron chi connectivity index (χ0n) is 25.8. The van der Waals surface area contributed by atoms with E-state index in [1.807, 2.05) is 52.0 Å².